The van der Waals surface area contributed by atoms with Crippen molar-refractivity contribution in [3.63, 3.8) is 0 Å². The Labute approximate surface area is 169 Å². The van der Waals surface area contributed by atoms with E-state index < -0.39 is 62.7 Å². The van der Waals surface area contributed by atoms with Crippen LogP contribution in [-0.2, 0) is 19.6 Å². The predicted octanol–water partition coefficient (Wildman–Crippen LogP) is 4.72. The van der Waals surface area contributed by atoms with E-state index in [-0.39, 0.29) is 12.9 Å². The Morgan fingerprint density at radius 3 is 1.97 bits per heavy atom. The van der Waals surface area contributed by atoms with Crippen molar-refractivity contribution in [2.75, 3.05) is 6.61 Å². The van der Waals surface area contributed by atoms with E-state index in [4.69, 9.17) is 9.15 Å². The van der Waals surface area contributed by atoms with Gasteiger partial charge in [-0.25, -0.2) is 0 Å². The third kappa shape index (κ3) is 4.72. The number of alkyl halides is 9. The number of halogens is 9. The fourth-order valence-electron chi connectivity index (χ4n) is 2.19. The summed E-state index contributed by atoms with van der Waals surface area (Å²) in [6, 6.07) is 0.481. The fraction of sp³-hybridized carbons (Fsp3) is 0.667. The lowest BCUT2D eigenvalue weighted by molar-refractivity contribution is -0.382. The second-order valence-electron chi connectivity index (χ2n) is 6.36. The minimum Gasteiger partial charge on any atom is -0.465 e. The Hall–Kier alpha value is -2.13. The molecule has 1 rings (SSSR count). The van der Waals surface area contributed by atoms with E-state index in [1.807, 2.05) is 0 Å². The summed E-state index contributed by atoms with van der Waals surface area (Å²) in [6.45, 7) is 4.29. The van der Waals surface area contributed by atoms with Gasteiger partial charge in [-0.1, -0.05) is 13.8 Å². The molecule has 6 nitrogen and oxygen atoms in total. The highest BCUT2D eigenvalue weighted by atomic mass is 32.2. The first kappa shape index (κ1) is 26.9. The predicted molar refractivity (Wildman–Crippen MR) is 83.4 cm³/mol. The van der Waals surface area contributed by atoms with E-state index in [1.165, 1.54) is 20.8 Å². The molecule has 16 heteroatoms. The monoisotopic (exact) mass is 494 g/mol. The number of hydrogen-bond acceptors (Lipinski definition) is 6. The number of esters is 1. The Morgan fingerprint density at radius 2 is 1.55 bits per heavy atom. The van der Waals surface area contributed by atoms with Crippen LogP contribution in [0, 0.1) is 5.92 Å². The van der Waals surface area contributed by atoms with Crippen LogP contribution in [-0.4, -0.2) is 44.3 Å². The third-order valence-electron chi connectivity index (χ3n) is 3.75. The van der Waals surface area contributed by atoms with Crippen LogP contribution in [0.3, 0.4) is 0 Å². The quantitative estimate of drug-likeness (QED) is 0.281. The molecule has 1 aromatic rings. The van der Waals surface area contributed by atoms with E-state index in [9.17, 15) is 52.7 Å². The lowest BCUT2D eigenvalue weighted by Crippen LogP contribution is -2.63. The first-order chi connectivity index (χ1) is 13.7. The minimum atomic E-state index is -7.44. The Morgan fingerprint density at radius 1 is 1.03 bits per heavy atom. The molecule has 180 valence electrons. The van der Waals surface area contributed by atoms with Crippen LogP contribution in [0.25, 0.3) is 0 Å². The van der Waals surface area contributed by atoms with Crippen LogP contribution in [0.5, 0.6) is 5.75 Å². The van der Waals surface area contributed by atoms with Crippen LogP contribution in [0.4, 0.5) is 39.5 Å². The number of hydrogen-bond donors (Lipinski definition) is 0. The van der Waals surface area contributed by atoms with E-state index >= 15 is 0 Å². The second kappa shape index (κ2) is 8.43. The zero-order chi connectivity index (χ0) is 24.6. The highest BCUT2D eigenvalue weighted by molar-refractivity contribution is 7.88. The van der Waals surface area contributed by atoms with Gasteiger partial charge in [0.1, 0.15) is 17.9 Å². The van der Waals surface area contributed by atoms with E-state index in [0.717, 1.165) is 0 Å². The van der Waals surface area contributed by atoms with Crippen molar-refractivity contribution in [2.24, 2.45) is 5.92 Å². The molecule has 0 spiro atoms. The van der Waals surface area contributed by atoms with Gasteiger partial charge in [0.25, 0.3) is 0 Å². The maximum absolute atomic E-state index is 13.7. The van der Waals surface area contributed by atoms with Crippen molar-refractivity contribution in [2.45, 2.75) is 50.0 Å². The molecule has 0 saturated carbocycles. The molecule has 0 bridgehead atoms. The average molecular weight is 494 g/mol. The standard InChI is InChI=1S/C15H15F9O6S/c1-4-28-11(25)10(7(2)3)9-5-8(6-29-9)30-31(26,27)15(23,24)13(18,19)12(16,17)14(20,21)22/h5-7,10H,4H2,1-3H3. The largest absolute Gasteiger partial charge is 0.465 e. The van der Waals surface area contributed by atoms with E-state index in [1.54, 1.807) is 0 Å². The first-order valence-corrected chi connectivity index (χ1v) is 9.54. The molecular formula is C15H15F9O6S. The van der Waals surface area contributed by atoms with Crippen molar-refractivity contribution in [3.05, 3.63) is 18.1 Å². The molecule has 0 saturated heterocycles. The summed E-state index contributed by atoms with van der Waals surface area (Å²) in [5.74, 6) is -19.3. The summed E-state index contributed by atoms with van der Waals surface area (Å²) in [6.07, 6.45) is -6.96. The normalized spacial score (nSPS) is 15.1. The molecule has 0 amide bonds. The number of carbonyl (C=O) groups excluding carboxylic acids is 1. The SMILES string of the molecule is CCOC(=O)C(c1cc(OS(=O)(=O)C(F)(F)C(F)(F)C(F)(F)C(F)(F)F)co1)C(C)C. The van der Waals surface area contributed by atoms with Crippen molar-refractivity contribution in [1.82, 2.24) is 0 Å². The zero-order valence-corrected chi connectivity index (χ0v) is 16.6. The molecular weight excluding hydrogens is 479 g/mol. The van der Waals surface area contributed by atoms with Crippen LogP contribution in [0.2, 0.25) is 0 Å². The Kier molecular flexibility index (Phi) is 7.31. The van der Waals surface area contributed by atoms with Crippen molar-refractivity contribution in [3.8, 4) is 5.75 Å². The third-order valence-corrected chi connectivity index (χ3v) is 5.04. The van der Waals surface area contributed by atoms with E-state index in [0.29, 0.717) is 6.07 Å². The number of carbonyl (C=O) groups is 1. The molecule has 1 heterocycles. The molecule has 1 atom stereocenters. The van der Waals surface area contributed by atoms with Gasteiger partial charge in [0.15, 0.2) is 5.75 Å². The number of rotatable bonds is 9. The fourth-order valence-corrected chi connectivity index (χ4v) is 3.07. The van der Waals surface area contributed by atoms with Crippen LogP contribution in [0.15, 0.2) is 16.7 Å². The van der Waals surface area contributed by atoms with Gasteiger partial charge in [-0.3, -0.25) is 4.79 Å². The average Bonchev–Trinajstić information content (AvgIpc) is 3.00. The summed E-state index contributed by atoms with van der Waals surface area (Å²) in [5.41, 5.74) is 0. The first-order valence-electron chi connectivity index (χ1n) is 8.13. The molecule has 0 N–H and O–H groups in total. The maximum Gasteiger partial charge on any atom is 0.460 e. The van der Waals surface area contributed by atoms with Crippen molar-refractivity contribution in [1.29, 1.82) is 0 Å². The molecule has 0 radical (unpaired) electrons. The van der Waals surface area contributed by atoms with Crippen LogP contribution in [0.1, 0.15) is 32.4 Å². The molecule has 0 aliphatic heterocycles. The molecule has 1 aromatic heterocycles. The van der Waals surface area contributed by atoms with Crippen LogP contribution < -0.4 is 4.18 Å². The van der Waals surface area contributed by atoms with E-state index in [2.05, 4.69) is 4.18 Å². The summed E-state index contributed by atoms with van der Waals surface area (Å²) in [7, 11) is -7.12. The number of furan rings is 1. The van der Waals surface area contributed by atoms with Crippen molar-refractivity contribution >= 4 is 16.1 Å². The lowest BCUT2D eigenvalue weighted by atomic mass is 9.93. The van der Waals surface area contributed by atoms with Gasteiger partial charge in [-0.15, -0.1) is 0 Å². The lowest BCUT2D eigenvalue weighted by Gasteiger charge is -2.32. The topological polar surface area (TPSA) is 82.8 Å². The molecule has 0 fully saturated rings. The van der Waals surface area contributed by atoms with Gasteiger partial charge < -0.3 is 13.3 Å². The highest BCUT2D eigenvalue weighted by Crippen LogP contribution is 2.55. The molecule has 0 aliphatic carbocycles. The smallest absolute Gasteiger partial charge is 0.460 e. The molecule has 31 heavy (non-hydrogen) atoms. The molecule has 0 aliphatic rings. The highest BCUT2D eigenvalue weighted by Gasteiger charge is 2.86. The van der Waals surface area contributed by atoms with Gasteiger partial charge in [0.2, 0.25) is 0 Å². The second-order valence-corrected chi connectivity index (χ2v) is 7.95. The van der Waals surface area contributed by atoms with Gasteiger partial charge in [-0.05, 0) is 12.8 Å². The van der Waals surface area contributed by atoms with Gasteiger partial charge in [0, 0.05) is 6.07 Å². The maximum atomic E-state index is 13.7. The summed E-state index contributed by atoms with van der Waals surface area (Å²) in [4.78, 5) is 11.9. The molecule has 1 unspecified atom stereocenters. The minimum absolute atomic E-state index is 0.0881. The van der Waals surface area contributed by atoms with Crippen molar-refractivity contribution < 1.29 is 66.1 Å². The Bertz CT molecular complexity index is 889. The zero-order valence-electron chi connectivity index (χ0n) is 15.8. The summed E-state index contributed by atoms with van der Waals surface area (Å²) >= 11 is 0. The van der Waals surface area contributed by atoms with Gasteiger partial charge in [0.05, 0.1) is 6.61 Å². The number of ether oxygens (including phenoxy) is 1. The molecule has 0 aromatic carbocycles. The summed E-state index contributed by atoms with van der Waals surface area (Å²) in [5, 5.41) is -7.02. The van der Waals surface area contributed by atoms with Crippen LogP contribution >= 0.6 is 0 Å². The van der Waals surface area contributed by atoms with Gasteiger partial charge >= 0.3 is 39.4 Å². The Balaban J connectivity index is 3.30. The van der Waals surface area contributed by atoms with Gasteiger partial charge in [-0.2, -0.15) is 47.9 Å². The summed E-state index contributed by atoms with van der Waals surface area (Å²) < 4.78 is 152.